The van der Waals surface area contributed by atoms with Crippen LogP contribution >= 0.6 is 0 Å². The summed E-state index contributed by atoms with van der Waals surface area (Å²) in [6.45, 7) is 0. The van der Waals surface area contributed by atoms with Crippen LogP contribution in [-0.2, 0) is 19.2 Å². The minimum atomic E-state index is 0.0833. The predicted octanol–water partition coefficient (Wildman–Crippen LogP) is 4.44. The zero-order chi connectivity index (χ0) is 11.8. The molecule has 0 bridgehead atoms. The van der Waals surface area contributed by atoms with Crippen LogP contribution in [0.4, 0.5) is 0 Å². The van der Waals surface area contributed by atoms with Gasteiger partial charge in [0.05, 0.1) is 0 Å². The van der Waals surface area contributed by atoms with E-state index in [0.717, 1.165) is 0 Å². The normalized spacial score (nSPS) is 16.0. The fourth-order valence-electron chi connectivity index (χ4n) is 1.67. The van der Waals surface area contributed by atoms with E-state index in [9.17, 15) is 0 Å². The monoisotopic (exact) mass is 256 g/mol. The average Bonchev–Trinajstić information content (AvgIpc) is 3.06. The molecule has 0 unspecified atom stereocenters. The molecular weight excluding hydrogens is 240 g/mol. The summed E-state index contributed by atoms with van der Waals surface area (Å²) in [7, 11) is 0. The Kier molecular flexibility index (Phi) is 5.28. The standard InChI is InChI=1S/C6H6.2C5H5.Ti/c1-2-4-6-5-3-1;2*1-2-4-5-3-1;/h1-6H;2*1-3H,4H2;. The molecular formula is C16H16Ti. The summed E-state index contributed by atoms with van der Waals surface area (Å²) in [5.41, 5.74) is 0. The number of rotatable bonds is 2. The third-order valence-electron chi connectivity index (χ3n) is 2.53. The van der Waals surface area contributed by atoms with Crippen LogP contribution in [0.15, 0.2) is 80.6 Å². The number of hydrogen-bond acceptors (Lipinski definition) is 0. The Morgan fingerprint density at radius 1 is 0.647 bits per heavy atom. The summed E-state index contributed by atoms with van der Waals surface area (Å²) in [5.74, 6) is 0. The summed E-state index contributed by atoms with van der Waals surface area (Å²) < 4.78 is 3.36. The van der Waals surface area contributed by atoms with Gasteiger partial charge in [-0.25, -0.2) is 0 Å². The Hall–Kier alpha value is -1.11. The molecule has 1 aromatic rings. The molecule has 0 nitrogen and oxygen atoms in total. The van der Waals surface area contributed by atoms with Crippen LogP contribution in [0, 0.1) is 0 Å². The van der Waals surface area contributed by atoms with Crippen LogP contribution in [0.25, 0.3) is 0 Å². The molecule has 2 aliphatic rings. The van der Waals surface area contributed by atoms with E-state index in [-0.39, 0.29) is 19.2 Å². The van der Waals surface area contributed by atoms with Gasteiger partial charge >= 0.3 is 76.2 Å². The Morgan fingerprint density at radius 2 is 1.06 bits per heavy atom. The molecule has 0 heterocycles. The summed E-state index contributed by atoms with van der Waals surface area (Å²) in [4.78, 5) is 0. The second kappa shape index (κ2) is 7.26. The molecule has 0 aromatic heterocycles. The van der Waals surface area contributed by atoms with E-state index >= 15 is 0 Å². The van der Waals surface area contributed by atoms with Crippen molar-refractivity contribution >= 4 is 0 Å². The van der Waals surface area contributed by atoms with E-state index in [0.29, 0.717) is 0 Å². The molecule has 1 heteroatoms. The van der Waals surface area contributed by atoms with Gasteiger partial charge in [-0.05, 0) is 0 Å². The predicted molar refractivity (Wildman–Crippen MR) is 70.1 cm³/mol. The van der Waals surface area contributed by atoms with Gasteiger partial charge in [-0.3, -0.25) is 0 Å². The van der Waals surface area contributed by atoms with Crippen molar-refractivity contribution < 1.29 is 19.2 Å². The topological polar surface area (TPSA) is 0 Å². The summed E-state index contributed by atoms with van der Waals surface area (Å²) in [6, 6.07) is 12.0. The molecule has 17 heavy (non-hydrogen) atoms. The van der Waals surface area contributed by atoms with Gasteiger partial charge in [0.25, 0.3) is 0 Å². The minimum Gasteiger partial charge on any atom is -0.0623 e. The maximum Gasteiger partial charge on any atom is -0.0623 e. The smallest absolute Gasteiger partial charge is 0.0623 e. The van der Waals surface area contributed by atoms with Crippen LogP contribution in [0.3, 0.4) is 0 Å². The Balaban J connectivity index is 0.000000153. The average molecular weight is 256 g/mol. The maximum absolute atomic E-state index is 2.29. The van der Waals surface area contributed by atoms with Crippen LogP contribution < -0.4 is 0 Å². The molecule has 1 aromatic carbocycles. The van der Waals surface area contributed by atoms with E-state index in [1.165, 1.54) is 12.8 Å². The number of benzene rings is 1. The van der Waals surface area contributed by atoms with Gasteiger partial charge in [0.2, 0.25) is 0 Å². The maximum atomic E-state index is 2.29. The van der Waals surface area contributed by atoms with Crippen LogP contribution in [-0.4, -0.2) is 0 Å². The first kappa shape index (κ1) is 12.4. The second-order valence-corrected chi connectivity index (χ2v) is 6.32. The van der Waals surface area contributed by atoms with Gasteiger partial charge in [0, 0.05) is 0 Å². The quantitative estimate of drug-likeness (QED) is 0.686. The van der Waals surface area contributed by atoms with Gasteiger partial charge in [-0.15, -0.1) is 0 Å². The van der Waals surface area contributed by atoms with Crippen molar-refractivity contribution in [3.63, 3.8) is 0 Å². The molecule has 0 saturated carbocycles. The zero-order valence-electron chi connectivity index (χ0n) is 9.84. The third kappa shape index (κ3) is 4.72. The number of allylic oxidation sites excluding steroid dienone is 8. The van der Waals surface area contributed by atoms with Gasteiger partial charge in [-0.1, -0.05) is 36.4 Å². The second-order valence-electron chi connectivity index (χ2n) is 3.93. The molecule has 84 valence electrons. The molecule has 0 spiro atoms. The Labute approximate surface area is 112 Å². The van der Waals surface area contributed by atoms with Crippen LogP contribution in [0.2, 0.25) is 0 Å². The van der Waals surface area contributed by atoms with Gasteiger partial charge in [0.1, 0.15) is 0 Å². The van der Waals surface area contributed by atoms with Gasteiger partial charge in [-0.2, -0.15) is 0 Å². The SMILES string of the molecule is C1=CC[C]([Ti][C]2=CC=CC2)=C1.c1ccccc1. The van der Waals surface area contributed by atoms with E-state index in [1.807, 2.05) is 36.4 Å². The van der Waals surface area contributed by atoms with Crippen LogP contribution in [0.5, 0.6) is 0 Å². The molecule has 0 aliphatic heterocycles. The van der Waals surface area contributed by atoms with E-state index in [1.54, 1.807) is 7.76 Å². The summed E-state index contributed by atoms with van der Waals surface area (Å²) in [5, 5.41) is 0. The van der Waals surface area contributed by atoms with E-state index < -0.39 is 0 Å². The van der Waals surface area contributed by atoms with E-state index in [2.05, 4.69) is 36.5 Å². The molecule has 0 radical (unpaired) electrons. The van der Waals surface area contributed by atoms with E-state index in [4.69, 9.17) is 0 Å². The number of hydrogen-bond donors (Lipinski definition) is 0. The van der Waals surface area contributed by atoms with Crippen molar-refractivity contribution in [3.8, 4) is 0 Å². The molecule has 0 N–H and O–H groups in total. The van der Waals surface area contributed by atoms with Gasteiger partial charge in [0.15, 0.2) is 0 Å². The Bertz CT molecular complexity index is 395. The third-order valence-corrected chi connectivity index (χ3v) is 4.69. The Morgan fingerprint density at radius 3 is 1.35 bits per heavy atom. The molecule has 0 atom stereocenters. The fraction of sp³-hybridized carbons (Fsp3) is 0.125. The van der Waals surface area contributed by atoms with Crippen molar-refractivity contribution in [1.82, 2.24) is 0 Å². The van der Waals surface area contributed by atoms with Crippen LogP contribution in [0.1, 0.15) is 12.8 Å². The van der Waals surface area contributed by atoms with Crippen molar-refractivity contribution in [3.05, 3.63) is 80.6 Å². The largest absolute Gasteiger partial charge is 0.0623 e. The van der Waals surface area contributed by atoms with Crippen molar-refractivity contribution in [1.29, 1.82) is 0 Å². The summed E-state index contributed by atoms with van der Waals surface area (Å²) in [6.07, 6.45) is 15.9. The zero-order valence-corrected chi connectivity index (χ0v) is 11.4. The van der Waals surface area contributed by atoms with Crippen molar-refractivity contribution in [2.45, 2.75) is 12.8 Å². The first-order chi connectivity index (χ1) is 8.45. The molecule has 0 saturated heterocycles. The molecule has 0 fully saturated rings. The first-order valence-electron chi connectivity index (χ1n) is 5.93. The first-order valence-corrected chi connectivity index (χ1v) is 7.50. The molecule has 0 amide bonds. The van der Waals surface area contributed by atoms with Crippen molar-refractivity contribution in [2.75, 3.05) is 0 Å². The minimum absolute atomic E-state index is 0.0833. The fourth-order valence-corrected chi connectivity index (χ4v) is 3.56. The molecule has 3 rings (SSSR count). The molecule has 2 aliphatic carbocycles. The summed E-state index contributed by atoms with van der Waals surface area (Å²) >= 11 is 0.0833. The van der Waals surface area contributed by atoms with Gasteiger partial charge < -0.3 is 0 Å². The van der Waals surface area contributed by atoms with Crippen molar-refractivity contribution in [2.24, 2.45) is 0 Å².